The van der Waals surface area contributed by atoms with Gasteiger partial charge in [-0.15, -0.1) is 11.3 Å². The van der Waals surface area contributed by atoms with Gasteiger partial charge in [-0.3, -0.25) is 9.59 Å². The molecule has 1 aliphatic rings. The standard InChI is InChI=1S/C15H19N3OS.C7H5FO.CH4O/c1-12-7-14(10-19)18(8-12)9-13-11-20-15(16-13)17-5-3-2-4-6-17;8-7-4-2-1-3-6(7)5-9;1-2/h7-8,10-11H,2-6,9H2,1H3;1-5H;2H,1H3. The van der Waals surface area contributed by atoms with Gasteiger partial charge in [0.05, 0.1) is 23.5 Å². The van der Waals surface area contributed by atoms with Crippen LogP contribution in [0.3, 0.4) is 0 Å². The number of rotatable bonds is 5. The van der Waals surface area contributed by atoms with Gasteiger partial charge in [-0.05, 0) is 49.9 Å². The summed E-state index contributed by atoms with van der Waals surface area (Å²) in [6, 6.07) is 7.76. The third-order valence-electron chi connectivity index (χ3n) is 4.72. The minimum Gasteiger partial charge on any atom is -0.400 e. The highest BCUT2D eigenvalue weighted by Crippen LogP contribution is 2.24. The summed E-state index contributed by atoms with van der Waals surface area (Å²) in [7, 11) is 1.00. The van der Waals surface area contributed by atoms with Crippen molar-refractivity contribution in [1.82, 2.24) is 9.55 Å². The van der Waals surface area contributed by atoms with Crippen molar-refractivity contribution in [3.63, 3.8) is 0 Å². The van der Waals surface area contributed by atoms with Crippen LogP contribution in [0.2, 0.25) is 0 Å². The number of hydrogen-bond donors (Lipinski definition) is 1. The zero-order valence-corrected chi connectivity index (χ0v) is 18.6. The van der Waals surface area contributed by atoms with E-state index in [2.05, 4.69) is 10.3 Å². The van der Waals surface area contributed by atoms with Crippen molar-refractivity contribution in [3.8, 4) is 0 Å². The molecule has 0 aliphatic carbocycles. The Morgan fingerprint density at radius 3 is 2.45 bits per heavy atom. The predicted molar refractivity (Wildman–Crippen MR) is 122 cm³/mol. The Hall–Kier alpha value is -2.84. The van der Waals surface area contributed by atoms with Gasteiger partial charge in [0.2, 0.25) is 0 Å². The van der Waals surface area contributed by atoms with E-state index in [1.807, 2.05) is 23.8 Å². The molecule has 0 saturated carbocycles. The first-order chi connectivity index (χ1) is 15.1. The van der Waals surface area contributed by atoms with Crippen LogP contribution in [-0.2, 0) is 6.54 Å². The molecule has 0 unspecified atom stereocenters. The molecule has 8 heteroatoms. The summed E-state index contributed by atoms with van der Waals surface area (Å²) >= 11 is 1.71. The van der Waals surface area contributed by atoms with Crippen LogP contribution < -0.4 is 4.90 Å². The Labute approximate surface area is 186 Å². The number of thiazole rings is 1. The summed E-state index contributed by atoms with van der Waals surface area (Å²) in [6.45, 7) is 4.92. The van der Waals surface area contributed by atoms with E-state index >= 15 is 0 Å². The topological polar surface area (TPSA) is 75.4 Å². The van der Waals surface area contributed by atoms with Crippen molar-refractivity contribution in [1.29, 1.82) is 0 Å². The van der Waals surface area contributed by atoms with E-state index in [0.29, 0.717) is 12.8 Å². The van der Waals surface area contributed by atoms with E-state index in [9.17, 15) is 14.0 Å². The highest BCUT2D eigenvalue weighted by molar-refractivity contribution is 7.13. The molecule has 0 bridgehead atoms. The van der Waals surface area contributed by atoms with Crippen LogP contribution in [0, 0.1) is 12.7 Å². The number of carbonyl (C=O) groups is 2. The Morgan fingerprint density at radius 1 is 1.13 bits per heavy atom. The van der Waals surface area contributed by atoms with Crippen LogP contribution in [0.15, 0.2) is 41.9 Å². The van der Waals surface area contributed by atoms with E-state index in [0.717, 1.165) is 48.6 Å². The van der Waals surface area contributed by atoms with Crippen LogP contribution >= 0.6 is 11.3 Å². The molecular formula is C23H28FN3O3S. The lowest BCUT2D eigenvalue weighted by Gasteiger charge is -2.25. The molecule has 0 spiro atoms. The lowest BCUT2D eigenvalue weighted by Crippen LogP contribution is -2.29. The number of piperidine rings is 1. The molecule has 3 aromatic rings. The number of benzene rings is 1. The van der Waals surface area contributed by atoms with Crippen molar-refractivity contribution in [2.45, 2.75) is 32.7 Å². The molecule has 1 aliphatic heterocycles. The number of aliphatic hydroxyl groups excluding tert-OH is 1. The van der Waals surface area contributed by atoms with Crippen molar-refractivity contribution in [2.24, 2.45) is 0 Å². The Morgan fingerprint density at radius 2 is 1.84 bits per heavy atom. The minimum atomic E-state index is -0.465. The third-order valence-corrected chi connectivity index (χ3v) is 5.67. The summed E-state index contributed by atoms with van der Waals surface area (Å²) < 4.78 is 14.3. The number of hydrogen-bond acceptors (Lipinski definition) is 6. The van der Waals surface area contributed by atoms with E-state index in [1.165, 1.54) is 31.4 Å². The molecule has 3 heterocycles. The molecule has 1 aromatic carbocycles. The number of aliphatic hydroxyl groups is 1. The summed E-state index contributed by atoms with van der Waals surface area (Å²) in [4.78, 5) is 28.1. The number of nitrogens with zero attached hydrogens (tertiary/aromatic N) is 3. The summed E-state index contributed by atoms with van der Waals surface area (Å²) in [5, 5.41) is 10.2. The van der Waals surface area contributed by atoms with Crippen LogP contribution in [0.1, 0.15) is 51.4 Å². The molecule has 2 aromatic heterocycles. The third kappa shape index (κ3) is 7.11. The zero-order valence-electron chi connectivity index (χ0n) is 17.8. The Balaban J connectivity index is 0.000000261. The number of aryl methyl sites for hydroxylation is 1. The van der Waals surface area contributed by atoms with Gasteiger partial charge in [-0.1, -0.05) is 12.1 Å². The first kappa shape index (κ1) is 24.4. The van der Waals surface area contributed by atoms with Crippen molar-refractivity contribution in [2.75, 3.05) is 25.1 Å². The second kappa shape index (κ2) is 12.8. The van der Waals surface area contributed by atoms with Crippen LogP contribution in [0.4, 0.5) is 9.52 Å². The van der Waals surface area contributed by atoms with Gasteiger partial charge in [0.15, 0.2) is 17.7 Å². The van der Waals surface area contributed by atoms with Gasteiger partial charge in [0.25, 0.3) is 0 Å². The smallest absolute Gasteiger partial charge is 0.185 e. The highest BCUT2D eigenvalue weighted by atomic mass is 32.1. The SMILES string of the molecule is CO.Cc1cc(C=O)n(Cc2csc(N3CCCCC3)n2)c1.O=Cc1ccccc1F. The van der Waals surface area contributed by atoms with Crippen molar-refractivity contribution >= 4 is 29.0 Å². The van der Waals surface area contributed by atoms with Crippen molar-refractivity contribution < 1.29 is 19.1 Å². The normalized spacial score (nSPS) is 12.8. The average molecular weight is 446 g/mol. The molecule has 1 saturated heterocycles. The van der Waals surface area contributed by atoms with Gasteiger partial charge in [0.1, 0.15) is 5.82 Å². The van der Waals surface area contributed by atoms with E-state index in [4.69, 9.17) is 10.1 Å². The quantitative estimate of drug-likeness (QED) is 0.591. The average Bonchev–Trinajstić information content (AvgIpc) is 3.43. The summed E-state index contributed by atoms with van der Waals surface area (Å²) in [5.41, 5.74) is 2.97. The lowest BCUT2D eigenvalue weighted by atomic mass is 10.1. The number of aromatic nitrogens is 2. The maximum absolute atomic E-state index is 12.4. The fourth-order valence-corrected chi connectivity index (χ4v) is 4.13. The predicted octanol–water partition coefficient (Wildman–Crippen LogP) is 4.35. The van der Waals surface area contributed by atoms with Crippen molar-refractivity contribution in [3.05, 3.63) is 70.2 Å². The first-order valence-electron chi connectivity index (χ1n) is 10.1. The summed E-state index contributed by atoms with van der Waals surface area (Å²) in [6.07, 6.45) is 7.27. The van der Waals surface area contributed by atoms with E-state index in [-0.39, 0.29) is 5.56 Å². The first-order valence-corrected chi connectivity index (χ1v) is 10.9. The fourth-order valence-electron chi connectivity index (χ4n) is 3.26. The number of anilines is 1. The molecule has 1 fully saturated rings. The van der Waals surface area contributed by atoms with Crippen LogP contribution in [0.25, 0.3) is 0 Å². The number of aldehydes is 2. The lowest BCUT2D eigenvalue weighted by molar-refractivity contribution is 0.111. The molecule has 4 rings (SSSR count). The van der Waals surface area contributed by atoms with Gasteiger partial charge in [-0.25, -0.2) is 9.37 Å². The molecule has 1 N–H and O–H groups in total. The maximum atomic E-state index is 12.4. The number of halogens is 1. The van der Waals surface area contributed by atoms with Gasteiger partial charge >= 0.3 is 0 Å². The molecule has 6 nitrogen and oxygen atoms in total. The zero-order chi connectivity index (χ0) is 22.6. The maximum Gasteiger partial charge on any atom is 0.185 e. The second-order valence-electron chi connectivity index (χ2n) is 7.00. The Kier molecular flexibility index (Phi) is 10.1. The van der Waals surface area contributed by atoms with Crippen LogP contribution in [0.5, 0.6) is 0 Å². The van der Waals surface area contributed by atoms with Crippen LogP contribution in [-0.4, -0.2) is 47.4 Å². The fraction of sp³-hybridized carbons (Fsp3) is 0.348. The highest BCUT2D eigenvalue weighted by Gasteiger charge is 2.14. The summed E-state index contributed by atoms with van der Waals surface area (Å²) in [5.74, 6) is -0.465. The molecular weight excluding hydrogens is 417 g/mol. The molecule has 166 valence electrons. The molecule has 0 radical (unpaired) electrons. The minimum absolute atomic E-state index is 0.109. The van der Waals surface area contributed by atoms with Gasteiger partial charge in [0, 0.05) is 31.8 Å². The number of carbonyl (C=O) groups excluding carboxylic acids is 2. The molecule has 31 heavy (non-hydrogen) atoms. The largest absolute Gasteiger partial charge is 0.400 e. The monoisotopic (exact) mass is 445 g/mol. The van der Waals surface area contributed by atoms with E-state index < -0.39 is 5.82 Å². The molecule has 0 atom stereocenters. The van der Waals surface area contributed by atoms with E-state index in [1.54, 1.807) is 23.5 Å². The Bertz CT molecular complexity index is 965. The molecule has 0 amide bonds. The second-order valence-corrected chi connectivity index (χ2v) is 7.83. The van der Waals surface area contributed by atoms with Gasteiger partial charge in [-0.2, -0.15) is 0 Å². The van der Waals surface area contributed by atoms with Gasteiger partial charge < -0.3 is 14.6 Å².